The highest BCUT2D eigenvalue weighted by molar-refractivity contribution is 6.04. The molecule has 1 aromatic heterocycles. The number of hydrogen-bond acceptors (Lipinski definition) is 4. The van der Waals surface area contributed by atoms with Crippen molar-refractivity contribution in [3.8, 4) is 5.75 Å². The van der Waals surface area contributed by atoms with Crippen LogP contribution in [0.4, 0.5) is 0 Å². The molecular formula is C19H18N2O4. The van der Waals surface area contributed by atoms with Gasteiger partial charge in [0.25, 0.3) is 5.91 Å². The molecule has 0 saturated heterocycles. The number of nitrogens with one attached hydrogen (secondary N) is 2. The van der Waals surface area contributed by atoms with Crippen LogP contribution in [-0.4, -0.2) is 30.6 Å². The molecule has 0 aliphatic heterocycles. The van der Waals surface area contributed by atoms with Gasteiger partial charge in [-0.1, -0.05) is 30.3 Å². The Morgan fingerprint density at radius 2 is 1.84 bits per heavy atom. The average Bonchev–Trinajstić information content (AvgIpc) is 3.09. The number of esters is 1. The minimum atomic E-state index is -0.531. The molecule has 0 bridgehead atoms. The second-order valence-corrected chi connectivity index (χ2v) is 5.45. The minimum Gasteiger partial charge on any atom is -0.497 e. The molecule has 3 rings (SSSR count). The molecular weight excluding hydrogens is 320 g/mol. The zero-order chi connectivity index (χ0) is 17.6. The van der Waals surface area contributed by atoms with E-state index in [1.54, 1.807) is 13.3 Å². The van der Waals surface area contributed by atoms with Crippen LogP contribution in [0.5, 0.6) is 5.75 Å². The van der Waals surface area contributed by atoms with Crippen LogP contribution in [0.2, 0.25) is 0 Å². The highest BCUT2D eigenvalue weighted by atomic mass is 16.5. The maximum absolute atomic E-state index is 12.1. The summed E-state index contributed by atoms with van der Waals surface area (Å²) in [5, 5.41) is 3.48. The van der Waals surface area contributed by atoms with Crippen molar-refractivity contribution in [1.29, 1.82) is 0 Å². The Balaban J connectivity index is 1.50. The van der Waals surface area contributed by atoms with Gasteiger partial charge in [0, 0.05) is 23.6 Å². The Bertz CT molecular complexity index is 884. The second kappa shape index (κ2) is 7.53. The highest BCUT2D eigenvalue weighted by Crippen LogP contribution is 2.18. The lowest BCUT2D eigenvalue weighted by atomic mass is 10.2. The molecule has 0 spiro atoms. The Hall–Kier alpha value is -3.28. The molecule has 3 aromatic rings. The number of benzene rings is 2. The van der Waals surface area contributed by atoms with E-state index in [2.05, 4.69) is 10.3 Å². The van der Waals surface area contributed by atoms with Crippen LogP contribution in [0.1, 0.15) is 15.9 Å². The predicted octanol–water partition coefficient (Wildman–Crippen LogP) is 2.65. The van der Waals surface area contributed by atoms with Gasteiger partial charge in [0.15, 0.2) is 6.61 Å². The third-order valence-electron chi connectivity index (χ3n) is 3.79. The van der Waals surface area contributed by atoms with Crippen LogP contribution < -0.4 is 10.1 Å². The van der Waals surface area contributed by atoms with Crippen molar-refractivity contribution >= 4 is 22.8 Å². The number of methoxy groups -OCH3 is 1. The quantitative estimate of drug-likeness (QED) is 0.677. The molecule has 128 valence electrons. The lowest BCUT2D eigenvalue weighted by Crippen LogP contribution is -2.28. The molecule has 0 saturated carbocycles. The molecule has 0 fully saturated rings. The van der Waals surface area contributed by atoms with E-state index in [0.29, 0.717) is 12.1 Å². The summed E-state index contributed by atoms with van der Waals surface area (Å²) in [4.78, 5) is 27.0. The number of hydrogen-bond donors (Lipinski definition) is 2. The Labute approximate surface area is 144 Å². The van der Waals surface area contributed by atoms with Crippen LogP contribution in [0.15, 0.2) is 54.7 Å². The molecule has 2 N–H and O–H groups in total. The number of aromatic amines is 1. The van der Waals surface area contributed by atoms with Crippen molar-refractivity contribution in [2.24, 2.45) is 0 Å². The highest BCUT2D eigenvalue weighted by Gasteiger charge is 2.14. The molecule has 0 unspecified atom stereocenters. The number of carbonyl (C=O) groups is 2. The van der Waals surface area contributed by atoms with E-state index < -0.39 is 5.97 Å². The number of carbonyl (C=O) groups excluding carboxylic acids is 2. The predicted molar refractivity (Wildman–Crippen MR) is 93.4 cm³/mol. The third-order valence-corrected chi connectivity index (χ3v) is 3.79. The van der Waals surface area contributed by atoms with Gasteiger partial charge < -0.3 is 19.8 Å². The number of para-hydroxylation sites is 1. The van der Waals surface area contributed by atoms with Crippen LogP contribution >= 0.6 is 0 Å². The fourth-order valence-corrected chi connectivity index (χ4v) is 2.44. The monoisotopic (exact) mass is 338 g/mol. The van der Waals surface area contributed by atoms with Gasteiger partial charge in [-0.2, -0.15) is 0 Å². The first-order valence-electron chi connectivity index (χ1n) is 7.80. The van der Waals surface area contributed by atoms with Gasteiger partial charge in [-0.25, -0.2) is 4.79 Å². The standard InChI is InChI=1S/C19H18N2O4/c1-24-14-8-6-13(7-9-14)10-21-18(22)12-25-19(23)16-11-20-17-5-3-2-4-15(16)17/h2-9,11,20H,10,12H2,1H3,(H,21,22). The van der Waals surface area contributed by atoms with Gasteiger partial charge in [0.05, 0.1) is 12.7 Å². The molecule has 2 aromatic carbocycles. The van der Waals surface area contributed by atoms with Gasteiger partial charge in [-0.05, 0) is 23.8 Å². The van der Waals surface area contributed by atoms with Crippen LogP contribution in [-0.2, 0) is 16.1 Å². The molecule has 6 nitrogen and oxygen atoms in total. The topological polar surface area (TPSA) is 80.4 Å². The molecule has 25 heavy (non-hydrogen) atoms. The Kier molecular flexibility index (Phi) is 4.99. The first-order valence-corrected chi connectivity index (χ1v) is 7.80. The van der Waals surface area contributed by atoms with Gasteiger partial charge in [-0.3, -0.25) is 4.79 Å². The summed E-state index contributed by atoms with van der Waals surface area (Å²) in [7, 11) is 1.60. The fraction of sp³-hybridized carbons (Fsp3) is 0.158. The molecule has 0 radical (unpaired) electrons. The zero-order valence-electron chi connectivity index (χ0n) is 13.7. The van der Waals surface area contributed by atoms with E-state index >= 15 is 0 Å². The number of rotatable bonds is 6. The Morgan fingerprint density at radius 3 is 2.60 bits per heavy atom. The summed E-state index contributed by atoms with van der Waals surface area (Å²) in [5.41, 5.74) is 2.19. The first kappa shape index (κ1) is 16.6. The summed E-state index contributed by atoms with van der Waals surface area (Å²) < 4.78 is 10.2. The zero-order valence-corrected chi connectivity index (χ0v) is 13.7. The molecule has 0 aliphatic rings. The van der Waals surface area contributed by atoms with Crippen molar-refractivity contribution in [3.05, 3.63) is 65.9 Å². The smallest absolute Gasteiger partial charge is 0.340 e. The molecule has 1 amide bonds. The van der Waals surface area contributed by atoms with Gasteiger partial charge >= 0.3 is 5.97 Å². The van der Waals surface area contributed by atoms with E-state index in [1.165, 1.54) is 0 Å². The van der Waals surface area contributed by atoms with Gasteiger partial charge in [0.2, 0.25) is 0 Å². The maximum Gasteiger partial charge on any atom is 0.340 e. The van der Waals surface area contributed by atoms with E-state index in [4.69, 9.17) is 9.47 Å². The number of aromatic nitrogens is 1. The molecule has 0 aliphatic carbocycles. The molecule has 1 heterocycles. The van der Waals surface area contributed by atoms with Crippen molar-refractivity contribution < 1.29 is 19.1 Å². The van der Waals surface area contributed by atoms with E-state index in [0.717, 1.165) is 22.2 Å². The number of fused-ring (bicyclic) bond motifs is 1. The normalized spacial score (nSPS) is 10.4. The largest absolute Gasteiger partial charge is 0.497 e. The van der Waals surface area contributed by atoms with E-state index in [-0.39, 0.29) is 12.5 Å². The van der Waals surface area contributed by atoms with Crippen LogP contribution in [0, 0.1) is 0 Å². The van der Waals surface area contributed by atoms with Crippen LogP contribution in [0.3, 0.4) is 0 Å². The summed E-state index contributed by atoms with van der Waals surface area (Å²) in [6.07, 6.45) is 1.59. The van der Waals surface area contributed by atoms with Crippen LogP contribution in [0.25, 0.3) is 10.9 Å². The van der Waals surface area contributed by atoms with E-state index in [1.807, 2.05) is 48.5 Å². The maximum atomic E-state index is 12.1. The number of amides is 1. The van der Waals surface area contributed by atoms with Gasteiger partial charge in [-0.15, -0.1) is 0 Å². The van der Waals surface area contributed by atoms with Crippen molar-refractivity contribution in [3.63, 3.8) is 0 Å². The SMILES string of the molecule is COc1ccc(CNC(=O)COC(=O)c2c[nH]c3ccccc23)cc1. The first-order chi connectivity index (χ1) is 12.2. The lowest BCUT2D eigenvalue weighted by Gasteiger charge is -2.07. The Morgan fingerprint density at radius 1 is 1.08 bits per heavy atom. The lowest BCUT2D eigenvalue weighted by molar-refractivity contribution is -0.124. The van der Waals surface area contributed by atoms with E-state index in [9.17, 15) is 9.59 Å². The van der Waals surface area contributed by atoms with Crippen molar-refractivity contribution in [2.45, 2.75) is 6.54 Å². The molecule has 6 heteroatoms. The summed E-state index contributed by atoms with van der Waals surface area (Å²) >= 11 is 0. The van der Waals surface area contributed by atoms with Crippen molar-refractivity contribution in [2.75, 3.05) is 13.7 Å². The molecule has 0 atom stereocenters. The second-order valence-electron chi connectivity index (χ2n) is 5.45. The minimum absolute atomic E-state index is 0.325. The fourth-order valence-electron chi connectivity index (χ4n) is 2.44. The number of ether oxygens (including phenoxy) is 2. The van der Waals surface area contributed by atoms with Gasteiger partial charge in [0.1, 0.15) is 5.75 Å². The third kappa shape index (κ3) is 3.98. The average molecular weight is 338 g/mol. The summed E-state index contributed by atoms with van der Waals surface area (Å²) in [6.45, 7) is 0.0297. The number of H-pyrrole nitrogens is 1. The summed E-state index contributed by atoms with van der Waals surface area (Å²) in [5.74, 6) is -0.135. The summed E-state index contributed by atoms with van der Waals surface area (Å²) in [6, 6.07) is 14.8. The van der Waals surface area contributed by atoms with Crippen molar-refractivity contribution in [1.82, 2.24) is 10.3 Å².